The number of benzene rings is 1. The first-order valence-corrected chi connectivity index (χ1v) is 6.11. The van der Waals surface area contributed by atoms with Crippen LogP contribution >= 0.6 is 0 Å². The van der Waals surface area contributed by atoms with Crippen LogP contribution in [0.2, 0.25) is 0 Å². The standard InChI is InChI=1S/C14H18N2O3/c1-14(2,3)19-13(17)6-9-5-10-8-15-16-11(10)7-12(9)18-4/h5,7-8H,6H2,1-4H3,(H,15,16). The number of aromatic nitrogens is 2. The average Bonchev–Trinajstić information content (AvgIpc) is 2.72. The van der Waals surface area contributed by atoms with Crippen molar-refractivity contribution in [3.05, 3.63) is 23.9 Å². The number of nitrogens with one attached hydrogen (secondary N) is 1. The van der Waals surface area contributed by atoms with Gasteiger partial charge in [0.25, 0.3) is 0 Å². The Morgan fingerprint density at radius 1 is 1.37 bits per heavy atom. The van der Waals surface area contributed by atoms with E-state index in [4.69, 9.17) is 9.47 Å². The van der Waals surface area contributed by atoms with Gasteiger partial charge in [-0.3, -0.25) is 9.89 Å². The van der Waals surface area contributed by atoms with E-state index in [9.17, 15) is 4.79 Å². The highest BCUT2D eigenvalue weighted by Crippen LogP contribution is 2.25. The normalized spacial score (nSPS) is 11.6. The fourth-order valence-electron chi connectivity index (χ4n) is 1.88. The van der Waals surface area contributed by atoms with Gasteiger partial charge < -0.3 is 9.47 Å². The third kappa shape index (κ3) is 3.24. The van der Waals surface area contributed by atoms with Crippen LogP contribution < -0.4 is 4.74 Å². The molecule has 0 saturated heterocycles. The van der Waals surface area contributed by atoms with Crippen molar-refractivity contribution in [2.45, 2.75) is 32.8 Å². The SMILES string of the molecule is COc1cc2[nH]ncc2cc1CC(=O)OC(C)(C)C. The molecule has 0 radical (unpaired) electrons. The van der Waals surface area contributed by atoms with Crippen molar-refractivity contribution in [2.24, 2.45) is 0 Å². The molecule has 0 atom stereocenters. The molecule has 0 fully saturated rings. The van der Waals surface area contributed by atoms with Gasteiger partial charge in [0.1, 0.15) is 11.4 Å². The smallest absolute Gasteiger partial charge is 0.310 e. The summed E-state index contributed by atoms with van der Waals surface area (Å²) >= 11 is 0. The Kier molecular flexibility index (Phi) is 3.46. The van der Waals surface area contributed by atoms with Gasteiger partial charge in [0.2, 0.25) is 0 Å². The minimum Gasteiger partial charge on any atom is -0.496 e. The predicted octanol–water partition coefficient (Wildman–Crippen LogP) is 2.46. The second kappa shape index (κ2) is 4.91. The molecule has 2 aromatic rings. The van der Waals surface area contributed by atoms with Crippen molar-refractivity contribution < 1.29 is 14.3 Å². The highest BCUT2D eigenvalue weighted by molar-refractivity contribution is 5.83. The molecule has 1 aromatic carbocycles. The molecule has 0 aliphatic heterocycles. The summed E-state index contributed by atoms with van der Waals surface area (Å²) < 4.78 is 10.6. The second-order valence-corrected chi connectivity index (χ2v) is 5.38. The summed E-state index contributed by atoms with van der Waals surface area (Å²) in [5.74, 6) is 0.385. The molecule has 0 amide bonds. The van der Waals surface area contributed by atoms with Crippen LogP contribution in [0.3, 0.4) is 0 Å². The number of nitrogens with zero attached hydrogens (tertiary/aromatic N) is 1. The zero-order valence-corrected chi connectivity index (χ0v) is 11.6. The van der Waals surface area contributed by atoms with E-state index in [1.807, 2.05) is 32.9 Å². The average molecular weight is 262 g/mol. The Balaban J connectivity index is 2.25. The number of H-pyrrole nitrogens is 1. The molecule has 0 aliphatic rings. The number of ether oxygens (including phenoxy) is 2. The number of hydrogen-bond acceptors (Lipinski definition) is 4. The van der Waals surface area contributed by atoms with Crippen molar-refractivity contribution in [3.63, 3.8) is 0 Å². The molecule has 0 saturated carbocycles. The quantitative estimate of drug-likeness (QED) is 0.863. The lowest BCUT2D eigenvalue weighted by Crippen LogP contribution is -2.25. The lowest BCUT2D eigenvalue weighted by Gasteiger charge is -2.19. The maximum absolute atomic E-state index is 11.9. The van der Waals surface area contributed by atoms with E-state index in [1.54, 1.807) is 13.3 Å². The third-order valence-electron chi connectivity index (χ3n) is 2.60. The predicted molar refractivity (Wildman–Crippen MR) is 72.2 cm³/mol. The molecule has 0 spiro atoms. The topological polar surface area (TPSA) is 64.2 Å². The molecule has 0 aliphatic carbocycles. The highest BCUT2D eigenvalue weighted by atomic mass is 16.6. The Hall–Kier alpha value is -2.04. The zero-order valence-electron chi connectivity index (χ0n) is 11.6. The molecule has 5 heteroatoms. The van der Waals surface area contributed by atoms with Crippen LogP contribution in [0.15, 0.2) is 18.3 Å². The third-order valence-corrected chi connectivity index (χ3v) is 2.60. The maximum atomic E-state index is 11.9. The second-order valence-electron chi connectivity index (χ2n) is 5.38. The Morgan fingerprint density at radius 3 is 2.74 bits per heavy atom. The van der Waals surface area contributed by atoms with E-state index in [0.29, 0.717) is 5.75 Å². The number of rotatable bonds is 3. The van der Waals surface area contributed by atoms with E-state index < -0.39 is 5.60 Å². The van der Waals surface area contributed by atoms with Crippen LogP contribution in [0, 0.1) is 0 Å². The lowest BCUT2D eigenvalue weighted by atomic mass is 10.1. The first kappa shape index (κ1) is 13.4. The number of carbonyl (C=O) groups excluding carboxylic acids is 1. The van der Waals surface area contributed by atoms with Gasteiger partial charge in [-0.15, -0.1) is 0 Å². The number of aromatic amines is 1. The van der Waals surface area contributed by atoms with E-state index in [1.165, 1.54) is 0 Å². The molecule has 0 bridgehead atoms. The first-order chi connectivity index (χ1) is 8.89. The Bertz CT molecular complexity index is 596. The van der Waals surface area contributed by atoms with Gasteiger partial charge in [0.05, 0.1) is 25.2 Å². The molecule has 19 heavy (non-hydrogen) atoms. The maximum Gasteiger partial charge on any atom is 0.310 e. The van der Waals surface area contributed by atoms with Crippen LogP contribution in [-0.2, 0) is 16.0 Å². The molecular formula is C14H18N2O3. The minimum absolute atomic E-state index is 0.182. The van der Waals surface area contributed by atoms with Gasteiger partial charge in [0, 0.05) is 17.0 Å². The van der Waals surface area contributed by atoms with Gasteiger partial charge in [0.15, 0.2) is 0 Å². The summed E-state index contributed by atoms with van der Waals surface area (Å²) in [6.45, 7) is 5.55. The first-order valence-electron chi connectivity index (χ1n) is 6.11. The molecule has 1 heterocycles. The number of methoxy groups -OCH3 is 1. The molecule has 102 valence electrons. The number of hydrogen-bond donors (Lipinski definition) is 1. The zero-order chi connectivity index (χ0) is 14.0. The van der Waals surface area contributed by atoms with Crippen LogP contribution in [0.25, 0.3) is 10.9 Å². The summed E-state index contributed by atoms with van der Waals surface area (Å²) in [6, 6.07) is 3.73. The summed E-state index contributed by atoms with van der Waals surface area (Å²) in [5.41, 5.74) is 1.19. The monoisotopic (exact) mass is 262 g/mol. The lowest BCUT2D eigenvalue weighted by molar-refractivity contribution is -0.153. The van der Waals surface area contributed by atoms with E-state index in [-0.39, 0.29) is 12.4 Å². The van der Waals surface area contributed by atoms with E-state index in [0.717, 1.165) is 16.5 Å². The fourth-order valence-corrected chi connectivity index (χ4v) is 1.88. The summed E-state index contributed by atoms with van der Waals surface area (Å²) in [7, 11) is 1.58. The number of fused-ring (bicyclic) bond motifs is 1. The van der Waals surface area contributed by atoms with Crippen LogP contribution in [0.4, 0.5) is 0 Å². The van der Waals surface area contributed by atoms with Crippen molar-refractivity contribution in [1.29, 1.82) is 0 Å². The highest BCUT2D eigenvalue weighted by Gasteiger charge is 2.18. The van der Waals surface area contributed by atoms with Gasteiger partial charge >= 0.3 is 5.97 Å². The summed E-state index contributed by atoms with van der Waals surface area (Å²) in [6.07, 6.45) is 1.90. The van der Waals surface area contributed by atoms with E-state index in [2.05, 4.69) is 10.2 Å². The number of esters is 1. The largest absolute Gasteiger partial charge is 0.496 e. The van der Waals surface area contributed by atoms with Crippen molar-refractivity contribution in [3.8, 4) is 5.75 Å². The van der Waals surface area contributed by atoms with Crippen molar-refractivity contribution in [1.82, 2.24) is 10.2 Å². The van der Waals surface area contributed by atoms with Crippen molar-refractivity contribution >= 4 is 16.9 Å². The molecule has 2 rings (SSSR count). The Labute approximate surface area is 111 Å². The summed E-state index contributed by atoms with van der Waals surface area (Å²) in [4.78, 5) is 11.9. The Morgan fingerprint density at radius 2 is 2.11 bits per heavy atom. The van der Waals surface area contributed by atoms with Crippen molar-refractivity contribution in [2.75, 3.05) is 7.11 Å². The molecular weight excluding hydrogens is 244 g/mol. The van der Waals surface area contributed by atoms with Crippen LogP contribution in [0.5, 0.6) is 5.75 Å². The van der Waals surface area contributed by atoms with Gasteiger partial charge in [-0.1, -0.05) is 0 Å². The van der Waals surface area contributed by atoms with E-state index >= 15 is 0 Å². The van der Waals surface area contributed by atoms with Crippen LogP contribution in [-0.4, -0.2) is 28.9 Å². The summed E-state index contributed by atoms with van der Waals surface area (Å²) in [5, 5.41) is 7.77. The van der Waals surface area contributed by atoms with Gasteiger partial charge in [-0.05, 0) is 26.8 Å². The fraction of sp³-hybridized carbons (Fsp3) is 0.429. The minimum atomic E-state index is -0.482. The molecule has 1 N–H and O–H groups in total. The molecule has 1 aromatic heterocycles. The molecule has 5 nitrogen and oxygen atoms in total. The number of carbonyl (C=O) groups is 1. The van der Waals surface area contributed by atoms with Gasteiger partial charge in [-0.25, -0.2) is 0 Å². The van der Waals surface area contributed by atoms with Crippen LogP contribution in [0.1, 0.15) is 26.3 Å². The molecule has 0 unspecified atom stereocenters. The van der Waals surface area contributed by atoms with Gasteiger partial charge in [-0.2, -0.15) is 5.10 Å².